The van der Waals surface area contributed by atoms with Crippen LogP contribution >= 0.6 is 0 Å². The first-order chi connectivity index (χ1) is 10.0. The summed E-state index contributed by atoms with van der Waals surface area (Å²) in [5.74, 6) is 1.000. The second-order valence-electron chi connectivity index (χ2n) is 6.48. The van der Waals surface area contributed by atoms with Gasteiger partial charge in [0, 0.05) is 5.54 Å². The van der Waals surface area contributed by atoms with Gasteiger partial charge in [-0.15, -0.1) is 0 Å². The first-order valence-electron chi connectivity index (χ1n) is 8.18. The monoisotopic (exact) mass is 290 g/mol. The van der Waals surface area contributed by atoms with Crippen molar-refractivity contribution in [1.29, 1.82) is 0 Å². The van der Waals surface area contributed by atoms with Crippen molar-refractivity contribution in [1.82, 2.24) is 10.2 Å². The van der Waals surface area contributed by atoms with E-state index >= 15 is 0 Å². The summed E-state index contributed by atoms with van der Waals surface area (Å²) in [6.07, 6.45) is 3.97. The Morgan fingerprint density at radius 2 is 1.86 bits per heavy atom. The van der Waals surface area contributed by atoms with E-state index in [2.05, 4.69) is 69.3 Å². The lowest BCUT2D eigenvalue weighted by atomic mass is 9.83. The molecule has 0 radical (unpaired) electrons. The summed E-state index contributed by atoms with van der Waals surface area (Å²) in [6, 6.07) is 8.97. The van der Waals surface area contributed by atoms with E-state index in [1.807, 2.05) is 0 Å². The highest BCUT2D eigenvalue weighted by molar-refractivity contribution is 5.31. The molecule has 1 N–H and O–H groups in total. The van der Waals surface area contributed by atoms with E-state index in [1.165, 1.54) is 18.4 Å². The Labute approximate surface area is 129 Å². The Hall–Kier alpha value is -1.06. The molecular formula is C18H30N2O. The molecule has 1 fully saturated rings. The lowest BCUT2D eigenvalue weighted by Gasteiger charge is -2.43. The third-order valence-electron chi connectivity index (χ3n) is 4.81. The van der Waals surface area contributed by atoms with E-state index < -0.39 is 0 Å². The Morgan fingerprint density at radius 1 is 1.24 bits per heavy atom. The van der Waals surface area contributed by atoms with Gasteiger partial charge in [0.25, 0.3) is 0 Å². The fourth-order valence-corrected chi connectivity index (χ4v) is 2.80. The molecule has 1 aromatic carbocycles. The van der Waals surface area contributed by atoms with Gasteiger partial charge < -0.3 is 15.0 Å². The zero-order valence-electron chi connectivity index (χ0n) is 14.1. The van der Waals surface area contributed by atoms with E-state index in [1.54, 1.807) is 0 Å². The van der Waals surface area contributed by atoms with Crippen LogP contribution in [-0.2, 0) is 0 Å². The topological polar surface area (TPSA) is 24.5 Å². The summed E-state index contributed by atoms with van der Waals surface area (Å²) >= 11 is 0. The molecule has 1 aliphatic carbocycles. The van der Waals surface area contributed by atoms with E-state index in [0.29, 0.717) is 12.1 Å². The summed E-state index contributed by atoms with van der Waals surface area (Å²) in [5, 5.41) is 3.66. The summed E-state index contributed by atoms with van der Waals surface area (Å²) in [6.45, 7) is 7.72. The van der Waals surface area contributed by atoms with Crippen LogP contribution in [0.2, 0.25) is 0 Å². The molecule has 118 valence electrons. The Morgan fingerprint density at radius 3 is 2.29 bits per heavy atom. The van der Waals surface area contributed by atoms with Crippen LogP contribution in [0.5, 0.6) is 5.75 Å². The molecule has 3 nitrogen and oxygen atoms in total. The quantitative estimate of drug-likeness (QED) is 0.791. The summed E-state index contributed by atoms with van der Waals surface area (Å²) < 4.78 is 5.85. The first-order valence-corrected chi connectivity index (χ1v) is 8.18. The van der Waals surface area contributed by atoms with Crippen molar-refractivity contribution in [3.8, 4) is 5.75 Å². The van der Waals surface area contributed by atoms with Crippen molar-refractivity contribution in [2.45, 2.75) is 57.7 Å². The van der Waals surface area contributed by atoms with Gasteiger partial charge >= 0.3 is 0 Å². The normalized spacial score (nSPS) is 19.3. The first kappa shape index (κ1) is 16.3. The van der Waals surface area contributed by atoms with Crippen LogP contribution in [0.15, 0.2) is 24.3 Å². The highest BCUT2D eigenvalue weighted by Crippen LogP contribution is 2.34. The predicted octanol–water partition coefficient (Wildman–Crippen LogP) is 3.61. The molecule has 0 saturated heterocycles. The van der Waals surface area contributed by atoms with Gasteiger partial charge in [-0.1, -0.05) is 26.0 Å². The molecule has 3 heteroatoms. The summed E-state index contributed by atoms with van der Waals surface area (Å²) in [5.41, 5.74) is 1.42. The van der Waals surface area contributed by atoms with Crippen molar-refractivity contribution in [2.75, 3.05) is 20.6 Å². The van der Waals surface area contributed by atoms with Gasteiger partial charge in [-0.3, -0.25) is 0 Å². The average Bonchev–Trinajstić information content (AvgIpc) is 3.29. The lowest BCUT2D eigenvalue weighted by molar-refractivity contribution is 0.113. The van der Waals surface area contributed by atoms with Crippen LogP contribution in [-0.4, -0.2) is 37.2 Å². The predicted molar refractivity (Wildman–Crippen MR) is 88.9 cm³/mol. The van der Waals surface area contributed by atoms with Crippen LogP contribution in [0.3, 0.4) is 0 Å². The largest absolute Gasteiger partial charge is 0.490 e. The molecule has 1 saturated carbocycles. The van der Waals surface area contributed by atoms with Gasteiger partial charge in [0.2, 0.25) is 0 Å². The standard InChI is InChI=1S/C18H30N2O/c1-6-18(3,20(4)5)17(19-7-2)14-8-10-15(11-9-14)21-16-12-13-16/h8-11,16-17,19H,6-7,12-13H2,1-5H3. The minimum absolute atomic E-state index is 0.0921. The summed E-state index contributed by atoms with van der Waals surface area (Å²) in [7, 11) is 4.33. The number of rotatable bonds is 8. The zero-order valence-corrected chi connectivity index (χ0v) is 14.1. The SMILES string of the molecule is CCNC(c1ccc(OC2CC2)cc1)C(C)(CC)N(C)C. The summed E-state index contributed by atoms with van der Waals surface area (Å²) in [4.78, 5) is 2.33. The minimum Gasteiger partial charge on any atom is -0.490 e. The van der Waals surface area contributed by atoms with Crippen molar-refractivity contribution < 1.29 is 4.74 Å². The highest BCUT2D eigenvalue weighted by Gasteiger charge is 2.35. The molecule has 2 atom stereocenters. The second kappa shape index (κ2) is 6.80. The van der Waals surface area contributed by atoms with Crippen molar-refractivity contribution in [3.05, 3.63) is 29.8 Å². The Bertz CT molecular complexity index is 439. The molecule has 1 aromatic rings. The maximum absolute atomic E-state index is 5.85. The lowest BCUT2D eigenvalue weighted by Crippen LogP contribution is -2.51. The van der Waals surface area contributed by atoms with E-state index in [-0.39, 0.29) is 5.54 Å². The fraction of sp³-hybridized carbons (Fsp3) is 0.667. The highest BCUT2D eigenvalue weighted by atomic mass is 16.5. The third kappa shape index (κ3) is 3.78. The molecule has 2 unspecified atom stereocenters. The van der Waals surface area contributed by atoms with E-state index in [9.17, 15) is 0 Å². The van der Waals surface area contributed by atoms with Gasteiger partial charge in [0.15, 0.2) is 0 Å². The van der Waals surface area contributed by atoms with Crippen molar-refractivity contribution in [3.63, 3.8) is 0 Å². The number of likely N-dealkylation sites (N-methyl/N-ethyl adjacent to an activating group) is 2. The third-order valence-corrected chi connectivity index (χ3v) is 4.81. The van der Waals surface area contributed by atoms with Gasteiger partial charge in [-0.2, -0.15) is 0 Å². The number of benzene rings is 1. The van der Waals surface area contributed by atoms with Crippen molar-refractivity contribution >= 4 is 0 Å². The van der Waals surface area contributed by atoms with E-state index in [4.69, 9.17) is 4.74 Å². The van der Waals surface area contributed by atoms with Gasteiger partial charge in [-0.25, -0.2) is 0 Å². The molecule has 2 rings (SSSR count). The maximum atomic E-state index is 5.85. The average molecular weight is 290 g/mol. The molecule has 0 aliphatic heterocycles. The number of nitrogens with one attached hydrogen (secondary N) is 1. The smallest absolute Gasteiger partial charge is 0.119 e. The Kier molecular flexibility index (Phi) is 5.28. The van der Waals surface area contributed by atoms with Gasteiger partial charge in [0.1, 0.15) is 5.75 Å². The molecule has 0 amide bonds. The van der Waals surface area contributed by atoms with Crippen LogP contribution in [0.4, 0.5) is 0 Å². The molecule has 0 bridgehead atoms. The van der Waals surface area contributed by atoms with Gasteiger partial charge in [-0.05, 0) is 64.5 Å². The van der Waals surface area contributed by atoms with Crippen LogP contribution < -0.4 is 10.1 Å². The van der Waals surface area contributed by atoms with Crippen LogP contribution in [0.25, 0.3) is 0 Å². The number of hydrogen-bond acceptors (Lipinski definition) is 3. The molecule has 0 heterocycles. The van der Waals surface area contributed by atoms with Crippen molar-refractivity contribution in [2.24, 2.45) is 0 Å². The second-order valence-corrected chi connectivity index (χ2v) is 6.48. The number of nitrogens with zero attached hydrogens (tertiary/aromatic N) is 1. The van der Waals surface area contributed by atoms with E-state index in [0.717, 1.165) is 18.7 Å². The number of hydrogen-bond donors (Lipinski definition) is 1. The van der Waals surface area contributed by atoms with Crippen LogP contribution in [0, 0.1) is 0 Å². The molecule has 1 aliphatic rings. The molecule has 0 spiro atoms. The molecule has 0 aromatic heterocycles. The number of ether oxygens (including phenoxy) is 1. The minimum atomic E-state index is 0.0921. The maximum Gasteiger partial charge on any atom is 0.119 e. The van der Waals surface area contributed by atoms with Crippen LogP contribution in [0.1, 0.15) is 51.6 Å². The zero-order chi connectivity index (χ0) is 15.5. The molecule has 21 heavy (non-hydrogen) atoms. The Balaban J connectivity index is 2.19. The molecular weight excluding hydrogens is 260 g/mol. The van der Waals surface area contributed by atoms with Gasteiger partial charge in [0.05, 0.1) is 12.1 Å². The fourth-order valence-electron chi connectivity index (χ4n) is 2.80.